The summed E-state index contributed by atoms with van der Waals surface area (Å²) in [6, 6.07) is 0. The zero-order chi connectivity index (χ0) is 9.84. The minimum absolute atomic E-state index is 0.502. The van der Waals surface area contributed by atoms with Crippen molar-refractivity contribution in [2.24, 2.45) is 5.92 Å². The number of allylic oxidation sites excluding steroid dienone is 1. The number of halogens is 1. The van der Waals surface area contributed by atoms with E-state index in [-0.39, 0.29) is 0 Å². The molecular formula is C10H14ClNS. The van der Waals surface area contributed by atoms with Gasteiger partial charge in [-0.05, 0) is 24.5 Å². The number of hydrogen-bond donors (Lipinski definition) is 0. The van der Waals surface area contributed by atoms with Crippen LogP contribution in [0.4, 0.5) is 0 Å². The fourth-order valence-electron chi connectivity index (χ4n) is 0.957. The second-order valence-electron chi connectivity index (χ2n) is 3.33. The minimum atomic E-state index is 0.502. The van der Waals surface area contributed by atoms with E-state index < -0.39 is 0 Å². The predicted octanol–water partition coefficient (Wildman–Crippen LogP) is 3.73. The summed E-state index contributed by atoms with van der Waals surface area (Å²) < 4.78 is 0. The summed E-state index contributed by atoms with van der Waals surface area (Å²) in [5, 5.41) is 3.11. The van der Waals surface area contributed by atoms with Crippen molar-refractivity contribution in [1.82, 2.24) is 4.98 Å². The number of thiazole rings is 1. The molecule has 0 bridgehead atoms. The van der Waals surface area contributed by atoms with Gasteiger partial charge in [0, 0.05) is 17.0 Å². The first kappa shape index (κ1) is 10.7. The van der Waals surface area contributed by atoms with Crippen LogP contribution in [0.15, 0.2) is 11.0 Å². The maximum Gasteiger partial charge on any atom is 0.116 e. The molecule has 1 aromatic rings. The Bertz CT molecular complexity index is 302. The highest BCUT2D eigenvalue weighted by Crippen LogP contribution is 2.18. The van der Waals surface area contributed by atoms with Crippen molar-refractivity contribution in [2.45, 2.75) is 20.8 Å². The third kappa shape index (κ3) is 3.12. The van der Waals surface area contributed by atoms with Gasteiger partial charge in [0.1, 0.15) is 5.01 Å². The predicted molar refractivity (Wildman–Crippen MR) is 60.4 cm³/mol. The van der Waals surface area contributed by atoms with E-state index in [0.29, 0.717) is 11.8 Å². The van der Waals surface area contributed by atoms with Crippen LogP contribution in [0, 0.1) is 12.8 Å². The highest BCUT2D eigenvalue weighted by Gasteiger charge is 2.03. The first-order valence-corrected chi connectivity index (χ1v) is 5.73. The van der Waals surface area contributed by atoms with E-state index in [1.165, 1.54) is 5.57 Å². The monoisotopic (exact) mass is 215 g/mol. The van der Waals surface area contributed by atoms with Crippen LogP contribution in [-0.4, -0.2) is 10.9 Å². The Hall–Kier alpha value is -0.340. The second-order valence-corrected chi connectivity index (χ2v) is 4.49. The van der Waals surface area contributed by atoms with Crippen LogP contribution in [-0.2, 0) is 0 Å². The Morgan fingerprint density at radius 2 is 2.38 bits per heavy atom. The molecule has 0 N–H and O–H groups in total. The largest absolute Gasteiger partial charge is 0.242 e. The summed E-state index contributed by atoms with van der Waals surface area (Å²) in [6.07, 6.45) is 2.09. The van der Waals surface area contributed by atoms with E-state index in [1.807, 2.05) is 6.92 Å². The molecule has 0 aliphatic rings. The molecule has 0 amide bonds. The molecule has 0 saturated carbocycles. The maximum absolute atomic E-state index is 5.83. The normalized spacial score (nSPS) is 12.5. The molecule has 1 aromatic heterocycles. The molecule has 0 radical (unpaired) electrons. The zero-order valence-corrected chi connectivity index (χ0v) is 9.75. The molecule has 72 valence electrons. The van der Waals surface area contributed by atoms with Crippen LogP contribution in [0.3, 0.4) is 0 Å². The quantitative estimate of drug-likeness (QED) is 0.701. The summed E-state index contributed by atoms with van der Waals surface area (Å²) in [5.74, 6) is 1.10. The number of hydrogen-bond acceptors (Lipinski definition) is 2. The molecule has 0 unspecified atom stereocenters. The highest BCUT2D eigenvalue weighted by molar-refractivity contribution is 7.10. The van der Waals surface area contributed by atoms with Gasteiger partial charge >= 0.3 is 0 Å². The van der Waals surface area contributed by atoms with E-state index in [4.69, 9.17) is 11.6 Å². The molecule has 13 heavy (non-hydrogen) atoms. The summed E-state index contributed by atoms with van der Waals surface area (Å²) in [4.78, 5) is 4.36. The molecule has 3 heteroatoms. The average Bonchev–Trinajstić information content (AvgIpc) is 2.46. The van der Waals surface area contributed by atoms with Gasteiger partial charge in [0.2, 0.25) is 0 Å². The lowest BCUT2D eigenvalue weighted by Gasteiger charge is -2.05. The van der Waals surface area contributed by atoms with Gasteiger partial charge in [-0.25, -0.2) is 4.98 Å². The van der Waals surface area contributed by atoms with Crippen LogP contribution >= 0.6 is 22.9 Å². The first-order valence-electron chi connectivity index (χ1n) is 4.32. The molecule has 0 spiro atoms. The van der Waals surface area contributed by atoms with Crippen molar-refractivity contribution in [2.75, 3.05) is 5.88 Å². The maximum atomic E-state index is 5.83. The lowest BCUT2D eigenvalue weighted by molar-refractivity contribution is 0.778. The van der Waals surface area contributed by atoms with Gasteiger partial charge < -0.3 is 0 Å². The third-order valence-corrected chi connectivity index (χ3v) is 3.06. The molecule has 0 saturated heterocycles. The summed E-state index contributed by atoms with van der Waals surface area (Å²) in [5.41, 5.74) is 2.32. The van der Waals surface area contributed by atoms with E-state index in [0.717, 1.165) is 10.7 Å². The molecule has 0 atom stereocenters. The lowest BCUT2D eigenvalue weighted by Crippen LogP contribution is -1.94. The first-order chi connectivity index (χ1) is 6.13. The van der Waals surface area contributed by atoms with Gasteiger partial charge in [-0.2, -0.15) is 0 Å². The average molecular weight is 216 g/mol. The Morgan fingerprint density at radius 1 is 1.69 bits per heavy atom. The van der Waals surface area contributed by atoms with Crippen molar-refractivity contribution < 1.29 is 0 Å². The molecule has 1 nitrogen and oxygen atoms in total. The minimum Gasteiger partial charge on any atom is -0.242 e. The van der Waals surface area contributed by atoms with Crippen molar-refractivity contribution in [1.29, 1.82) is 0 Å². The smallest absolute Gasteiger partial charge is 0.116 e. The van der Waals surface area contributed by atoms with Crippen LogP contribution in [0.1, 0.15) is 24.5 Å². The van der Waals surface area contributed by atoms with Crippen molar-refractivity contribution in [3.63, 3.8) is 0 Å². The van der Waals surface area contributed by atoms with Gasteiger partial charge in [0.15, 0.2) is 0 Å². The van der Waals surface area contributed by atoms with Crippen LogP contribution in [0.5, 0.6) is 0 Å². The number of rotatable bonds is 3. The summed E-state index contributed by atoms with van der Waals surface area (Å²) in [6.45, 7) is 6.30. The number of nitrogens with zero attached hydrogens (tertiary/aromatic N) is 1. The number of alkyl halides is 1. The number of aryl methyl sites for hydroxylation is 1. The Morgan fingerprint density at radius 3 is 2.77 bits per heavy atom. The van der Waals surface area contributed by atoms with Crippen LogP contribution < -0.4 is 0 Å². The molecule has 0 fully saturated rings. The van der Waals surface area contributed by atoms with E-state index in [1.54, 1.807) is 11.3 Å². The molecule has 0 aliphatic heterocycles. The summed E-state index contributed by atoms with van der Waals surface area (Å²) >= 11 is 7.49. The molecule has 1 rings (SSSR count). The fourth-order valence-corrected chi connectivity index (χ4v) is 2.10. The Balaban J connectivity index is 2.84. The summed E-state index contributed by atoms with van der Waals surface area (Å²) in [7, 11) is 0. The Kier molecular flexibility index (Phi) is 3.94. The number of aromatic nitrogens is 1. The van der Waals surface area contributed by atoms with Crippen molar-refractivity contribution >= 4 is 29.0 Å². The molecule has 0 aromatic carbocycles. The molecular weight excluding hydrogens is 202 g/mol. The Labute approximate surface area is 88.5 Å². The fraction of sp³-hybridized carbons (Fsp3) is 0.500. The van der Waals surface area contributed by atoms with E-state index >= 15 is 0 Å². The van der Waals surface area contributed by atoms with Gasteiger partial charge in [-0.1, -0.05) is 13.8 Å². The third-order valence-electron chi connectivity index (χ3n) is 1.84. The standard InChI is InChI=1S/C10H14ClNS/c1-7(2)9(5-11)4-10-12-8(3)6-13-10/h4,6-7H,5H2,1-3H3. The van der Waals surface area contributed by atoms with Crippen molar-refractivity contribution in [3.05, 3.63) is 21.7 Å². The zero-order valence-electron chi connectivity index (χ0n) is 8.17. The van der Waals surface area contributed by atoms with Gasteiger partial charge in [-0.15, -0.1) is 22.9 Å². The van der Waals surface area contributed by atoms with Crippen LogP contribution in [0.25, 0.3) is 6.08 Å². The van der Waals surface area contributed by atoms with Crippen LogP contribution in [0.2, 0.25) is 0 Å². The van der Waals surface area contributed by atoms with Gasteiger partial charge in [0.05, 0.1) is 0 Å². The van der Waals surface area contributed by atoms with E-state index in [9.17, 15) is 0 Å². The van der Waals surface area contributed by atoms with E-state index in [2.05, 4.69) is 30.3 Å². The topological polar surface area (TPSA) is 12.9 Å². The molecule has 0 aliphatic carbocycles. The highest BCUT2D eigenvalue weighted by atomic mass is 35.5. The SMILES string of the molecule is Cc1csc(C=C(CCl)C(C)C)n1. The van der Waals surface area contributed by atoms with Gasteiger partial charge in [0.25, 0.3) is 0 Å². The molecule has 1 heterocycles. The van der Waals surface area contributed by atoms with Gasteiger partial charge in [-0.3, -0.25) is 0 Å². The lowest BCUT2D eigenvalue weighted by atomic mass is 10.1. The van der Waals surface area contributed by atoms with Crippen molar-refractivity contribution in [3.8, 4) is 0 Å². The second kappa shape index (κ2) is 4.77.